The van der Waals surface area contributed by atoms with Gasteiger partial charge in [0.25, 0.3) is 11.7 Å². The van der Waals surface area contributed by atoms with Crippen LogP contribution in [0.4, 0.5) is 0 Å². The van der Waals surface area contributed by atoms with Crippen molar-refractivity contribution in [2.75, 3.05) is 14.2 Å². The molecule has 1 aliphatic rings. The van der Waals surface area contributed by atoms with Crippen molar-refractivity contribution in [2.45, 2.75) is 19.4 Å². The van der Waals surface area contributed by atoms with Crippen LogP contribution < -0.4 is 14.8 Å². The fraction of sp³-hybridized carbons (Fsp3) is 0.227. The maximum atomic E-state index is 13.3. The highest BCUT2D eigenvalue weighted by Crippen LogP contribution is 2.43. The number of esters is 1. The maximum Gasteiger partial charge on any atom is 0.308 e. The Labute approximate surface area is 173 Å². The van der Waals surface area contributed by atoms with Crippen molar-refractivity contribution in [3.63, 3.8) is 0 Å². The number of hydrogen-bond donors (Lipinski definition) is 1. The molecular weight excluding hydrogens is 390 g/mol. The van der Waals surface area contributed by atoms with Gasteiger partial charge in [0.2, 0.25) is 17.2 Å². The molecule has 1 N–H and O–H groups in total. The number of nitrogens with one attached hydrogen (secondary N) is 1. The van der Waals surface area contributed by atoms with Gasteiger partial charge < -0.3 is 18.9 Å². The first-order valence-electron chi connectivity index (χ1n) is 9.05. The SMILES string of the molecule is COc1ccc(OC)c(C2(C)OC(NC(=O)c3ccccc3)=C(OC(C)=O)C2=O)c1. The Morgan fingerprint density at radius 3 is 2.33 bits per heavy atom. The Hall–Kier alpha value is -3.81. The van der Waals surface area contributed by atoms with E-state index in [1.54, 1.807) is 48.5 Å². The Morgan fingerprint density at radius 2 is 1.73 bits per heavy atom. The molecule has 0 aliphatic carbocycles. The van der Waals surface area contributed by atoms with E-state index in [1.807, 2.05) is 0 Å². The standard InChI is InChI=1S/C22H21NO7/c1-13(24)29-18-19(25)22(2,16-12-15(27-3)10-11-17(16)28-4)30-21(18)23-20(26)14-8-6-5-7-9-14/h5-12H,1-4H3,(H,23,26). The summed E-state index contributed by atoms with van der Waals surface area (Å²) >= 11 is 0. The quantitative estimate of drug-likeness (QED) is 0.730. The normalized spacial score (nSPS) is 17.9. The zero-order chi connectivity index (χ0) is 21.9. The minimum absolute atomic E-state index is 0.253. The smallest absolute Gasteiger partial charge is 0.308 e. The highest BCUT2D eigenvalue weighted by Gasteiger charge is 2.51. The Balaban J connectivity index is 2.02. The third-order valence-electron chi connectivity index (χ3n) is 4.58. The summed E-state index contributed by atoms with van der Waals surface area (Å²) in [7, 11) is 2.94. The van der Waals surface area contributed by atoms with Crippen molar-refractivity contribution in [3.8, 4) is 11.5 Å². The fourth-order valence-electron chi connectivity index (χ4n) is 3.06. The van der Waals surface area contributed by atoms with Gasteiger partial charge >= 0.3 is 5.97 Å². The van der Waals surface area contributed by atoms with Crippen molar-refractivity contribution >= 4 is 17.7 Å². The van der Waals surface area contributed by atoms with Crippen molar-refractivity contribution in [1.82, 2.24) is 5.32 Å². The number of carbonyl (C=O) groups excluding carboxylic acids is 3. The van der Waals surface area contributed by atoms with Crippen LogP contribution in [-0.4, -0.2) is 31.9 Å². The number of Topliss-reactive ketones (excluding diaryl/α,β-unsaturated/α-hetero) is 1. The zero-order valence-electron chi connectivity index (χ0n) is 17.0. The third-order valence-corrected chi connectivity index (χ3v) is 4.58. The average Bonchev–Trinajstić information content (AvgIpc) is 2.98. The van der Waals surface area contributed by atoms with E-state index in [1.165, 1.54) is 21.1 Å². The van der Waals surface area contributed by atoms with E-state index in [9.17, 15) is 14.4 Å². The topological polar surface area (TPSA) is 100 Å². The Bertz CT molecular complexity index is 1030. The first kappa shape index (κ1) is 20.9. The number of amides is 1. The van der Waals surface area contributed by atoms with Crippen LogP contribution in [0.3, 0.4) is 0 Å². The van der Waals surface area contributed by atoms with Crippen molar-refractivity contribution < 1.29 is 33.3 Å². The molecule has 0 spiro atoms. The largest absolute Gasteiger partial charge is 0.497 e. The second-order valence-electron chi connectivity index (χ2n) is 6.60. The molecule has 156 valence electrons. The van der Waals surface area contributed by atoms with Gasteiger partial charge in [-0.25, -0.2) is 0 Å². The molecule has 1 aliphatic heterocycles. The summed E-state index contributed by atoms with van der Waals surface area (Å²) in [5.41, 5.74) is -0.928. The number of ketones is 1. The molecule has 30 heavy (non-hydrogen) atoms. The number of benzene rings is 2. The van der Waals surface area contributed by atoms with Crippen LogP contribution in [0.5, 0.6) is 11.5 Å². The van der Waals surface area contributed by atoms with Gasteiger partial charge in [0.05, 0.1) is 14.2 Å². The Kier molecular flexibility index (Phi) is 5.77. The van der Waals surface area contributed by atoms with Crippen LogP contribution in [0.2, 0.25) is 0 Å². The van der Waals surface area contributed by atoms with Crippen LogP contribution in [0.1, 0.15) is 29.8 Å². The monoisotopic (exact) mass is 411 g/mol. The summed E-state index contributed by atoms with van der Waals surface area (Å²) in [5, 5.41) is 2.52. The van der Waals surface area contributed by atoms with Crippen molar-refractivity contribution in [1.29, 1.82) is 0 Å². The third kappa shape index (κ3) is 3.84. The number of carbonyl (C=O) groups is 3. The van der Waals surface area contributed by atoms with Gasteiger partial charge in [0.15, 0.2) is 0 Å². The molecule has 2 aromatic carbocycles. The second-order valence-corrected chi connectivity index (χ2v) is 6.60. The zero-order valence-corrected chi connectivity index (χ0v) is 17.0. The molecule has 0 fully saturated rings. The Morgan fingerprint density at radius 1 is 1.03 bits per heavy atom. The lowest BCUT2D eigenvalue weighted by molar-refractivity contribution is -0.142. The van der Waals surface area contributed by atoms with E-state index in [4.69, 9.17) is 18.9 Å². The van der Waals surface area contributed by atoms with Crippen molar-refractivity contribution in [2.24, 2.45) is 0 Å². The first-order chi connectivity index (χ1) is 14.3. The molecule has 1 atom stereocenters. The van der Waals surface area contributed by atoms with Gasteiger partial charge in [0, 0.05) is 18.1 Å². The second kappa shape index (κ2) is 8.28. The van der Waals surface area contributed by atoms with Gasteiger partial charge in [0.1, 0.15) is 11.5 Å². The summed E-state index contributed by atoms with van der Waals surface area (Å²) in [6, 6.07) is 13.2. The van der Waals surface area contributed by atoms with Crippen LogP contribution in [-0.2, 0) is 24.7 Å². The molecule has 0 radical (unpaired) electrons. The van der Waals surface area contributed by atoms with Crippen LogP contribution >= 0.6 is 0 Å². The molecule has 3 rings (SSSR count). The highest BCUT2D eigenvalue weighted by molar-refractivity contribution is 6.06. The first-order valence-corrected chi connectivity index (χ1v) is 9.05. The van der Waals surface area contributed by atoms with Crippen LogP contribution in [0.25, 0.3) is 0 Å². The summed E-state index contributed by atoms with van der Waals surface area (Å²) in [6.07, 6.45) is 0. The highest BCUT2D eigenvalue weighted by atomic mass is 16.6. The molecule has 2 aromatic rings. The lowest BCUT2D eigenvalue weighted by atomic mass is 9.90. The molecule has 0 saturated carbocycles. The predicted molar refractivity (Wildman–Crippen MR) is 106 cm³/mol. The van der Waals surface area contributed by atoms with E-state index in [0.717, 1.165) is 6.92 Å². The van der Waals surface area contributed by atoms with Gasteiger partial charge in [-0.15, -0.1) is 0 Å². The van der Waals surface area contributed by atoms with Crippen LogP contribution in [0, 0.1) is 0 Å². The van der Waals surface area contributed by atoms with Crippen LogP contribution in [0.15, 0.2) is 60.2 Å². The molecule has 1 unspecified atom stereocenters. The number of ether oxygens (including phenoxy) is 4. The van der Waals surface area contributed by atoms with E-state index >= 15 is 0 Å². The fourth-order valence-corrected chi connectivity index (χ4v) is 3.06. The molecule has 1 heterocycles. The molecule has 1 amide bonds. The summed E-state index contributed by atoms with van der Waals surface area (Å²) in [5.74, 6) is -1.70. The maximum absolute atomic E-state index is 13.3. The molecule has 0 saturated heterocycles. The predicted octanol–water partition coefficient (Wildman–Crippen LogP) is 2.68. The number of rotatable bonds is 6. The molecule has 8 nitrogen and oxygen atoms in total. The van der Waals surface area contributed by atoms with Gasteiger partial charge in [-0.05, 0) is 37.3 Å². The summed E-state index contributed by atoms with van der Waals surface area (Å²) in [6.45, 7) is 2.65. The molecule has 0 aromatic heterocycles. The number of methoxy groups -OCH3 is 2. The molecule has 0 bridgehead atoms. The van der Waals surface area contributed by atoms with Gasteiger partial charge in [-0.1, -0.05) is 18.2 Å². The number of hydrogen-bond acceptors (Lipinski definition) is 7. The van der Waals surface area contributed by atoms with Gasteiger partial charge in [-0.3, -0.25) is 19.7 Å². The van der Waals surface area contributed by atoms with Crippen molar-refractivity contribution in [3.05, 3.63) is 71.3 Å². The lowest BCUT2D eigenvalue weighted by Gasteiger charge is -2.26. The van der Waals surface area contributed by atoms with E-state index < -0.39 is 23.3 Å². The molecule has 8 heteroatoms. The minimum atomic E-state index is -1.62. The summed E-state index contributed by atoms with van der Waals surface area (Å²) in [4.78, 5) is 37.4. The molecular formula is C22H21NO7. The summed E-state index contributed by atoms with van der Waals surface area (Å²) < 4.78 is 21.6. The van der Waals surface area contributed by atoms with E-state index in [0.29, 0.717) is 22.6 Å². The average molecular weight is 411 g/mol. The van der Waals surface area contributed by atoms with Gasteiger partial charge in [-0.2, -0.15) is 0 Å². The van der Waals surface area contributed by atoms with E-state index in [2.05, 4.69) is 5.32 Å². The lowest BCUT2D eigenvalue weighted by Crippen LogP contribution is -2.33. The minimum Gasteiger partial charge on any atom is -0.497 e. The van der Waals surface area contributed by atoms with E-state index in [-0.39, 0.29) is 11.6 Å².